The highest BCUT2D eigenvalue weighted by atomic mass is 35.5. The number of benzene rings is 1. The Morgan fingerprint density at radius 2 is 1.80 bits per heavy atom. The second-order valence-corrected chi connectivity index (χ2v) is 11.3. The van der Waals surface area contributed by atoms with Crippen molar-refractivity contribution in [3.05, 3.63) is 71.3 Å². The molecule has 3 rings (SSSR count). The second-order valence-electron chi connectivity index (χ2n) is 9.35. The van der Waals surface area contributed by atoms with E-state index in [0.717, 1.165) is 18.5 Å². The molecule has 0 radical (unpaired) electrons. The SMILES string of the molecule is C=C/C=C\C=C(C)C.CC.CC.CCC(CN(C)SC1CC1)N1C(=O)C(CC(N)=O)OCC1c1ccc(Cl)cc1. The molecule has 1 heterocycles. The molecule has 2 amide bonds. The minimum absolute atomic E-state index is 0.0173. The van der Waals surface area contributed by atoms with Crippen LogP contribution in [0.15, 0.2) is 60.7 Å². The number of allylic oxidation sites excluding steroid dienone is 5. The molecule has 0 spiro atoms. The molecule has 1 aliphatic carbocycles. The number of likely N-dealkylation sites (N-methyl/N-ethyl adjacent to an activating group) is 1. The minimum Gasteiger partial charge on any atom is -0.370 e. The minimum atomic E-state index is -0.809. The van der Waals surface area contributed by atoms with Crippen molar-refractivity contribution in [3.8, 4) is 0 Å². The molecule has 3 atom stereocenters. The van der Waals surface area contributed by atoms with Gasteiger partial charge in [-0.25, -0.2) is 0 Å². The molecule has 1 saturated carbocycles. The highest BCUT2D eigenvalue weighted by Crippen LogP contribution is 2.37. The first-order chi connectivity index (χ1) is 19.2. The van der Waals surface area contributed by atoms with Gasteiger partial charge in [0.25, 0.3) is 5.91 Å². The zero-order chi connectivity index (χ0) is 30.7. The zero-order valence-corrected chi connectivity index (χ0v) is 27.4. The lowest BCUT2D eigenvalue weighted by atomic mass is 9.98. The highest BCUT2D eigenvalue weighted by Gasteiger charge is 2.41. The van der Waals surface area contributed by atoms with E-state index in [2.05, 4.69) is 38.7 Å². The summed E-state index contributed by atoms with van der Waals surface area (Å²) in [7, 11) is 2.08. The van der Waals surface area contributed by atoms with Gasteiger partial charge in [0.05, 0.1) is 19.1 Å². The van der Waals surface area contributed by atoms with Crippen LogP contribution in [0.1, 0.15) is 85.8 Å². The molecule has 3 unspecified atom stereocenters. The third kappa shape index (κ3) is 14.5. The van der Waals surface area contributed by atoms with E-state index in [1.807, 2.05) is 87.0 Å². The quantitative estimate of drug-likeness (QED) is 0.210. The van der Waals surface area contributed by atoms with Gasteiger partial charge in [-0.15, -0.1) is 0 Å². The first-order valence-electron chi connectivity index (χ1n) is 14.4. The van der Waals surface area contributed by atoms with Gasteiger partial charge in [-0.2, -0.15) is 0 Å². The number of amides is 2. The molecule has 2 fully saturated rings. The molecule has 226 valence electrons. The van der Waals surface area contributed by atoms with E-state index >= 15 is 0 Å². The molecule has 6 nitrogen and oxygen atoms in total. The number of carbonyl (C=O) groups is 2. The first kappa shape index (κ1) is 37.9. The smallest absolute Gasteiger partial charge is 0.253 e. The number of hydrogen-bond acceptors (Lipinski definition) is 5. The molecule has 1 aliphatic heterocycles. The summed E-state index contributed by atoms with van der Waals surface area (Å²) in [5, 5.41) is 1.36. The van der Waals surface area contributed by atoms with E-state index in [0.29, 0.717) is 16.9 Å². The number of carbonyl (C=O) groups excluding carboxylic acids is 2. The Labute approximate surface area is 253 Å². The monoisotopic (exact) mass is 593 g/mol. The average molecular weight is 594 g/mol. The number of morpholine rings is 1. The van der Waals surface area contributed by atoms with Gasteiger partial charge in [-0.05, 0) is 57.9 Å². The molecule has 40 heavy (non-hydrogen) atoms. The van der Waals surface area contributed by atoms with Crippen LogP contribution >= 0.6 is 23.5 Å². The van der Waals surface area contributed by atoms with Crippen molar-refractivity contribution < 1.29 is 14.3 Å². The molecule has 2 N–H and O–H groups in total. The highest BCUT2D eigenvalue weighted by molar-refractivity contribution is 7.97. The fraction of sp³-hybridized carbons (Fsp3) is 0.562. The molecule has 0 bridgehead atoms. The van der Waals surface area contributed by atoms with Crippen molar-refractivity contribution >= 4 is 35.4 Å². The maximum Gasteiger partial charge on any atom is 0.253 e. The van der Waals surface area contributed by atoms with E-state index in [4.69, 9.17) is 22.1 Å². The molecule has 0 aromatic heterocycles. The van der Waals surface area contributed by atoms with Gasteiger partial charge in [0.2, 0.25) is 5.91 Å². The molecule has 1 aromatic rings. The van der Waals surface area contributed by atoms with Crippen LogP contribution in [0.5, 0.6) is 0 Å². The van der Waals surface area contributed by atoms with E-state index in [1.165, 1.54) is 18.4 Å². The van der Waals surface area contributed by atoms with Crippen molar-refractivity contribution in [2.24, 2.45) is 5.73 Å². The molecule has 2 aliphatic rings. The maximum atomic E-state index is 13.3. The third-order valence-electron chi connectivity index (χ3n) is 5.82. The van der Waals surface area contributed by atoms with E-state index in [9.17, 15) is 9.59 Å². The molecule has 8 heteroatoms. The van der Waals surface area contributed by atoms with Crippen LogP contribution in [0.3, 0.4) is 0 Å². The van der Waals surface area contributed by atoms with Gasteiger partial charge in [0.1, 0.15) is 6.10 Å². The normalized spacial score (nSPS) is 18.9. The van der Waals surface area contributed by atoms with Crippen LogP contribution in [-0.2, 0) is 14.3 Å². The van der Waals surface area contributed by atoms with Crippen LogP contribution in [0.4, 0.5) is 0 Å². The molecular formula is C32H52ClN3O3S. The number of primary amides is 1. The predicted octanol–water partition coefficient (Wildman–Crippen LogP) is 7.75. The Morgan fingerprint density at radius 1 is 1.20 bits per heavy atom. The summed E-state index contributed by atoms with van der Waals surface area (Å²) in [5.74, 6) is -0.695. The van der Waals surface area contributed by atoms with Gasteiger partial charge < -0.3 is 15.4 Å². The predicted molar refractivity (Wildman–Crippen MR) is 173 cm³/mol. The number of nitrogens with zero attached hydrogens (tertiary/aromatic N) is 2. The standard InChI is InChI=1S/C20H28ClN3O3S.C8H12.2C2H6/c1-3-15(11-23(2)28-16-8-9-16)24-17(13-4-6-14(21)7-5-13)12-27-18(20(24)26)10-19(22)25;1-4-5-6-7-8(2)3;2*1-2/h4-7,15-18H,3,8-12H2,1-2H3,(H2,22,25);4-7H,1H2,2-3H3;2*1-2H3/b;6-5-;;. The summed E-state index contributed by atoms with van der Waals surface area (Å²) in [6, 6.07) is 7.32. The maximum absolute atomic E-state index is 13.3. The van der Waals surface area contributed by atoms with Gasteiger partial charge in [-0.3, -0.25) is 13.9 Å². The van der Waals surface area contributed by atoms with Gasteiger partial charge in [0.15, 0.2) is 0 Å². The van der Waals surface area contributed by atoms with Crippen LogP contribution in [-0.4, -0.2) is 58.6 Å². The zero-order valence-electron chi connectivity index (χ0n) is 25.9. The summed E-state index contributed by atoms with van der Waals surface area (Å²) in [5.41, 5.74) is 7.61. The van der Waals surface area contributed by atoms with Crippen LogP contribution in [0.2, 0.25) is 5.02 Å². The number of nitrogens with two attached hydrogens (primary N) is 1. The Balaban J connectivity index is 0.00000108. The Kier molecular flexibility index (Phi) is 20.5. The summed E-state index contributed by atoms with van der Waals surface area (Å²) in [4.78, 5) is 26.6. The van der Waals surface area contributed by atoms with E-state index in [1.54, 1.807) is 6.08 Å². The third-order valence-corrected chi connectivity index (χ3v) is 7.36. The lowest BCUT2D eigenvalue weighted by Crippen LogP contribution is -2.56. The van der Waals surface area contributed by atoms with E-state index in [-0.39, 0.29) is 24.4 Å². The van der Waals surface area contributed by atoms with Crippen LogP contribution < -0.4 is 5.73 Å². The van der Waals surface area contributed by atoms with Gasteiger partial charge in [-0.1, -0.05) is 107 Å². The average Bonchev–Trinajstić information content (AvgIpc) is 3.75. The Bertz CT molecular complexity index is 928. The van der Waals surface area contributed by atoms with Gasteiger partial charge >= 0.3 is 0 Å². The molecular weight excluding hydrogens is 542 g/mol. The lowest BCUT2D eigenvalue weighted by Gasteiger charge is -2.44. The van der Waals surface area contributed by atoms with Crippen LogP contribution in [0.25, 0.3) is 0 Å². The molecule has 1 aromatic carbocycles. The van der Waals surface area contributed by atoms with Gasteiger partial charge in [0, 0.05) is 22.9 Å². The number of ether oxygens (including phenoxy) is 1. The summed E-state index contributed by atoms with van der Waals surface area (Å²) < 4.78 is 7.99. The fourth-order valence-electron chi connectivity index (χ4n) is 3.89. The Morgan fingerprint density at radius 3 is 2.27 bits per heavy atom. The topological polar surface area (TPSA) is 75.9 Å². The van der Waals surface area contributed by atoms with Crippen molar-refractivity contribution in [2.45, 2.75) is 97.6 Å². The van der Waals surface area contributed by atoms with Crippen molar-refractivity contribution in [1.29, 1.82) is 0 Å². The fourth-order valence-corrected chi connectivity index (χ4v) is 5.13. The number of hydrogen-bond donors (Lipinski definition) is 1. The van der Waals surface area contributed by atoms with Crippen molar-refractivity contribution in [2.75, 3.05) is 20.2 Å². The van der Waals surface area contributed by atoms with E-state index < -0.39 is 12.0 Å². The van der Waals surface area contributed by atoms with Crippen molar-refractivity contribution in [1.82, 2.24) is 9.21 Å². The summed E-state index contributed by atoms with van der Waals surface area (Å²) >= 11 is 7.89. The number of rotatable bonds is 11. The first-order valence-corrected chi connectivity index (χ1v) is 15.7. The summed E-state index contributed by atoms with van der Waals surface area (Å²) in [6.45, 7) is 18.9. The lowest BCUT2D eigenvalue weighted by molar-refractivity contribution is -0.166. The number of halogens is 1. The largest absolute Gasteiger partial charge is 0.370 e. The summed E-state index contributed by atoms with van der Waals surface area (Å²) in [6.07, 6.45) is 10.1. The van der Waals surface area contributed by atoms with Crippen molar-refractivity contribution in [3.63, 3.8) is 0 Å². The second kappa shape index (κ2) is 21.7. The molecule has 1 saturated heterocycles. The van der Waals surface area contributed by atoms with Crippen LogP contribution in [0, 0.1) is 0 Å². The Hall–Kier alpha value is -2.06.